The van der Waals surface area contributed by atoms with Crippen molar-refractivity contribution in [3.8, 4) is 11.5 Å². The molecule has 1 aliphatic rings. The number of ether oxygens (including phenoxy) is 2. The number of alkyl halides is 4. The zero-order valence-electron chi connectivity index (χ0n) is 15.4. The van der Waals surface area contributed by atoms with Crippen LogP contribution >= 0.6 is 11.6 Å². The third-order valence-electron chi connectivity index (χ3n) is 4.51. The van der Waals surface area contributed by atoms with Crippen LogP contribution in [0.2, 0.25) is 5.02 Å². The molecule has 3 rings (SSSR count). The van der Waals surface area contributed by atoms with Gasteiger partial charge >= 0.3 is 6.36 Å². The maximum absolute atomic E-state index is 14.3. The predicted molar refractivity (Wildman–Crippen MR) is 98.6 cm³/mol. The first-order valence-corrected chi connectivity index (χ1v) is 9.28. The highest BCUT2D eigenvalue weighted by molar-refractivity contribution is 6.31. The van der Waals surface area contributed by atoms with E-state index in [1.54, 1.807) is 25.1 Å². The van der Waals surface area contributed by atoms with E-state index < -0.39 is 24.5 Å². The number of carbonyl (C=O) groups excluding carboxylic acids is 1. The molecule has 1 heterocycles. The lowest BCUT2D eigenvalue weighted by molar-refractivity contribution is -0.274. The first-order chi connectivity index (χ1) is 13.7. The number of nitrogens with zero attached hydrogens (tertiary/aromatic N) is 1. The van der Waals surface area contributed by atoms with Crippen molar-refractivity contribution in [2.75, 3.05) is 6.61 Å². The number of amides is 1. The van der Waals surface area contributed by atoms with E-state index in [9.17, 15) is 22.4 Å². The van der Waals surface area contributed by atoms with Crippen LogP contribution in [-0.2, 0) is 11.3 Å². The molecule has 0 N–H and O–H groups in total. The van der Waals surface area contributed by atoms with Gasteiger partial charge in [0.25, 0.3) is 5.91 Å². The lowest BCUT2D eigenvalue weighted by atomic mass is 10.0. The van der Waals surface area contributed by atoms with Crippen LogP contribution in [-0.4, -0.2) is 29.9 Å². The molecule has 2 atom stereocenters. The van der Waals surface area contributed by atoms with Crippen LogP contribution < -0.4 is 9.47 Å². The van der Waals surface area contributed by atoms with Crippen molar-refractivity contribution in [1.82, 2.24) is 4.90 Å². The highest BCUT2D eigenvalue weighted by Gasteiger charge is 2.42. The Morgan fingerprint density at radius 2 is 1.86 bits per heavy atom. The maximum Gasteiger partial charge on any atom is 0.573 e. The molecule has 2 aromatic carbocycles. The van der Waals surface area contributed by atoms with E-state index in [0.29, 0.717) is 28.5 Å². The van der Waals surface area contributed by atoms with Crippen LogP contribution in [0, 0.1) is 0 Å². The number of rotatable bonds is 6. The van der Waals surface area contributed by atoms with Crippen molar-refractivity contribution in [3.05, 3.63) is 58.6 Å². The Hall–Kier alpha value is -2.48. The highest BCUT2D eigenvalue weighted by atomic mass is 35.5. The van der Waals surface area contributed by atoms with E-state index in [4.69, 9.17) is 16.3 Å². The molecule has 1 aliphatic heterocycles. The minimum absolute atomic E-state index is 0.00695. The number of carbonyl (C=O) groups is 1. The van der Waals surface area contributed by atoms with Crippen LogP contribution in [0.1, 0.15) is 30.5 Å². The van der Waals surface area contributed by atoms with Crippen molar-refractivity contribution in [1.29, 1.82) is 0 Å². The number of likely N-dealkylation sites (tertiary alicyclic amines) is 1. The molecule has 156 valence electrons. The average molecular weight is 432 g/mol. The molecular formula is C20H18ClF4NO3. The Kier molecular flexibility index (Phi) is 6.21. The summed E-state index contributed by atoms with van der Waals surface area (Å²) >= 11 is 6.33. The fourth-order valence-corrected chi connectivity index (χ4v) is 3.63. The summed E-state index contributed by atoms with van der Waals surface area (Å²) in [4.78, 5) is 13.7. The van der Waals surface area contributed by atoms with Gasteiger partial charge in [-0.1, -0.05) is 29.8 Å². The van der Waals surface area contributed by atoms with Gasteiger partial charge in [0.1, 0.15) is 11.5 Å². The summed E-state index contributed by atoms with van der Waals surface area (Å²) < 4.78 is 60.6. The summed E-state index contributed by atoms with van der Waals surface area (Å²) in [5.41, 5.74) is 1.04. The third-order valence-corrected chi connectivity index (χ3v) is 4.84. The second kappa shape index (κ2) is 8.49. The lowest BCUT2D eigenvalue weighted by Gasteiger charge is -2.27. The molecule has 4 nitrogen and oxygen atoms in total. The zero-order valence-corrected chi connectivity index (χ0v) is 16.1. The van der Waals surface area contributed by atoms with E-state index in [0.717, 1.165) is 12.1 Å². The Bertz CT molecular complexity index is 873. The van der Waals surface area contributed by atoms with Crippen molar-refractivity contribution in [3.63, 3.8) is 0 Å². The second-order valence-electron chi connectivity index (χ2n) is 6.46. The summed E-state index contributed by atoms with van der Waals surface area (Å²) in [5, 5.41) is 0.349. The molecule has 0 radical (unpaired) electrons. The van der Waals surface area contributed by atoms with Gasteiger partial charge in [-0.15, -0.1) is 13.2 Å². The molecule has 0 spiro atoms. The first-order valence-electron chi connectivity index (χ1n) is 8.90. The molecule has 0 bridgehead atoms. The predicted octanol–water partition coefficient (Wildman–Crippen LogP) is 5.45. The molecule has 29 heavy (non-hydrogen) atoms. The zero-order chi connectivity index (χ0) is 21.2. The number of hydrogen-bond donors (Lipinski definition) is 0. The summed E-state index contributed by atoms with van der Waals surface area (Å²) in [6.45, 7) is 2.17. The van der Waals surface area contributed by atoms with Gasteiger partial charge in [-0.3, -0.25) is 4.79 Å². The van der Waals surface area contributed by atoms with Gasteiger partial charge in [0, 0.05) is 23.6 Å². The summed E-state index contributed by atoms with van der Waals surface area (Å²) in [6, 6.07) is 9.46. The fourth-order valence-electron chi connectivity index (χ4n) is 3.33. The topological polar surface area (TPSA) is 38.8 Å². The number of hydrogen-bond acceptors (Lipinski definition) is 3. The van der Waals surface area contributed by atoms with Crippen LogP contribution in [0.3, 0.4) is 0 Å². The molecule has 0 saturated carbocycles. The minimum atomic E-state index is -4.79. The van der Waals surface area contributed by atoms with Crippen LogP contribution in [0.5, 0.6) is 11.5 Å². The molecule has 1 saturated heterocycles. The van der Waals surface area contributed by atoms with Crippen molar-refractivity contribution in [2.45, 2.75) is 38.5 Å². The summed E-state index contributed by atoms with van der Waals surface area (Å²) in [6.07, 6.45) is -6.57. The van der Waals surface area contributed by atoms with Gasteiger partial charge in [0.2, 0.25) is 0 Å². The average Bonchev–Trinajstić information content (AvgIpc) is 2.91. The van der Waals surface area contributed by atoms with E-state index in [1.165, 1.54) is 17.0 Å². The SMILES string of the molecule is CCOc1cccc(Cl)c1C1CC(F)C(=O)N1Cc1ccc(OC(F)(F)F)cc1. The fraction of sp³-hybridized carbons (Fsp3) is 0.350. The Morgan fingerprint density at radius 3 is 2.48 bits per heavy atom. The molecule has 9 heteroatoms. The van der Waals surface area contributed by atoms with Crippen LogP contribution in [0.15, 0.2) is 42.5 Å². The molecule has 1 fully saturated rings. The van der Waals surface area contributed by atoms with Crippen molar-refractivity contribution in [2.24, 2.45) is 0 Å². The van der Waals surface area contributed by atoms with Crippen molar-refractivity contribution >= 4 is 17.5 Å². The molecule has 0 aromatic heterocycles. The lowest BCUT2D eigenvalue weighted by Crippen LogP contribution is -2.30. The number of benzene rings is 2. The van der Waals surface area contributed by atoms with E-state index in [2.05, 4.69) is 4.74 Å². The summed E-state index contributed by atoms with van der Waals surface area (Å²) in [7, 11) is 0. The first kappa shape index (κ1) is 21.2. The minimum Gasteiger partial charge on any atom is -0.493 e. The van der Waals surface area contributed by atoms with E-state index in [1.807, 2.05) is 0 Å². The summed E-state index contributed by atoms with van der Waals surface area (Å²) in [5.74, 6) is -0.613. The number of halogens is 5. The largest absolute Gasteiger partial charge is 0.573 e. The monoisotopic (exact) mass is 431 g/mol. The standard InChI is InChI=1S/C20H18ClF4NO3/c1-2-28-17-5-3-4-14(21)18(17)16-10-15(22)19(27)26(16)11-12-6-8-13(9-7-12)29-20(23,24)25/h3-9,15-16H,2,10-11H2,1H3. The molecular weight excluding hydrogens is 414 g/mol. The molecule has 0 aliphatic carbocycles. The van der Waals surface area contributed by atoms with Gasteiger partial charge < -0.3 is 14.4 Å². The van der Waals surface area contributed by atoms with Gasteiger partial charge in [-0.05, 0) is 36.8 Å². The van der Waals surface area contributed by atoms with Crippen molar-refractivity contribution < 1.29 is 31.8 Å². The van der Waals surface area contributed by atoms with E-state index in [-0.39, 0.29) is 18.7 Å². The van der Waals surface area contributed by atoms with Gasteiger partial charge in [-0.25, -0.2) is 4.39 Å². The third kappa shape index (κ3) is 4.93. The van der Waals surface area contributed by atoms with Crippen LogP contribution in [0.25, 0.3) is 0 Å². The smallest absolute Gasteiger partial charge is 0.493 e. The Labute approximate surface area is 170 Å². The maximum atomic E-state index is 14.3. The molecule has 1 amide bonds. The Morgan fingerprint density at radius 1 is 1.17 bits per heavy atom. The highest BCUT2D eigenvalue weighted by Crippen LogP contribution is 2.43. The van der Waals surface area contributed by atoms with Crippen LogP contribution in [0.4, 0.5) is 17.6 Å². The second-order valence-corrected chi connectivity index (χ2v) is 6.87. The normalized spacial score (nSPS) is 19.5. The van der Waals surface area contributed by atoms with Gasteiger partial charge in [0.05, 0.1) is 12.6 Å². The Balaban J connectivity index is 1.87. The quantitative estimate of drug-likeness (QED) is 0.571. The van der Waals surface area contributed by atoms with Gasteiger partial charge in [0.15, 0.2) is 6.17 Å². The van der Waals surface area contributed by atoms with Gasteiger partial charge in [-0.2, -0.15) is 0 Å². The molecule has 2 unspecified atom stereocenters. The van der Waals surface area contributed by atoms with E-state index >= 15 is 0 Å². The molecule has 2 aromatic rings.